The minimum Gasteiger partial charge on any atom is -0.348 e. The van der Waals surface area contributed by atoms with Crippen LogP contribution < -0.4 is 0 Å². The highest BCUT2D eigenvalue weighted by molar-refractivity contribution is 5.14. The molecule has 0 saturated heterocycles. The van der Waals surface area contributed by atoms with Crippen molar-refractivity contribution in [2.45, 2.75) is 25.9 Å². The Morgan fingerprint density at radius 1 is 0.737 bits per heavy atom. The lowest BCUT2D eigenvalue weighted by Crippen LogP contribution is -2.16. The normalized spacial score (nSPS) is 10.8. The molecule has 2 nitrogen and oxygen atoms in total. The Bertz CT molecular complexity index is 410. The lowest BCUT2D eigenvalue weighted by molar-refractivity contribution is -0.154. The molecule has 2 aromatic carbocycles. The van der Waals surface area contributed by atoms with Gasteiger partial charge in [-0.3, -0.25) is 0 Å². The van der Waals surface area contributed by atoms with Gasteiger partial charge in [0.25, 0.3) is 0 Å². The van der Waals surface area contributed by atoms with Crippen LogP contribution in [0, 0.1) is 6.92 Å². The molecule has 0 atom stereocenters. The highest BCUT2D eigenvalue weighted by Gasteiger charge is 2.07. The first-order valence-electron chi connectivity index (χ1n) is 6.49. The van der Waals surface area contributed by atoms with Crippen molar-refractivity contribution in [1.29, 1.82) is 0 Å². The molecule has 0 N–H and O–H groups in total. The molecule has 19 heavy (non-hydrogen) atoms. The summed E-state index contributed by atoms with van der Waals surface area (Å²) < 4.78 is 11.4. The Morgan fingerprint density at radius 2 is 1.16 bits per heavy atom. The van der Waals surface area contributed by atoms with Gasteiger partial charge in [-0.15, -0.1) is 0 Å². The summed E-state index contributed by atoms with van der Waals surface area (Å²) in [5, 5.41) is 0. The largest absolute Gasteiger partial charge is 0.348 e. The summed E-state index contributed by atoms with van der Waals surface area (Å²) >= 11 is 0. The molecule has 0 aliphatic heterocycles. The van der Waals surface area contributed by atoms with Gasteiger partial charge in [-0.1, -0.05) is 60.7 Å². The lowest BCUT2D eigenvalue weighted by Gasteiger charge is -2.17. The monoisotopic (exact) mass is 255 g/mol. The van der Waals surface area contributed by atoms with Crippen LogP contribution >= 0.6 is 0 Å². The van der Waals surface area contributed by atoms with E-state index < -0.39 is 0 Å². The van der Waals surface area contributed by atoms with Crippen LogP contribution in [0.3, 0.4) is 0 Å². The molecule has 0 amide bonds. The predicted octanol–water partition coefficient (Wildman–Crippen LogP) is 3.97. The topological polar surface area (TPSA) is 18.5 Å². The van der Waals surface area contributed by atoms with Gasteiger partial charge in [-0.25, -0.2) is 0 Å². The summed E-state index contributed by atoms with van der Waals surface area (Å²) in [7, 11) is 0. The van der Waals surface area contributed by atoms with Crippen LogP contribution in [0.5, 0.6) is 0 Å². The second kappa shape index (κ2) is 7.72. The number of rotatable bonds is 7. The molecule has 2 heteroatoms. The highest BCUT2D eigenvalue weighted by Crippen LogP contribution is 2.10. The third-order valence-electron chi connectivity index (χ3n) is 2.79. The summed E-state index contributed by atoms with van der Waals surface area (Å²) in [6.45, 7) is 4.96. The van der Waals surface area contributed by atoms with Crippen LogP contribution in [-0.4, -0.2) is 6.29 Å². The Balaban J connectivity index is 1.77. The van der Waals surface area contributed by atoms with Crippen molar-refractivity contribution in [1.82, 2.24) is 0 Å². The molecule has 0 aromatic heterocycles. The first kappa shape index (κ1) is 13.8. The molecule has 0 aliphatic carbocycles. The molecule has 0 heterocycles. The SMILES string of the molecule is [CH2]CC(OCc1ccccc1)OCc1ccccc1. The molecule has 2 rings (SSSR count). The van der Waals surface area contributed by atoms with Crippen LogP contribution in [0.1, 0.15) is 17.5 Å². The van der Waals surface area contributed by atoms with Gasteiger partial charge in [0.15, 0.2) is 6.29 Å². The number of ether oxygens (including phenoxy) is 2. The zero-order chi connectivity index (χ0) is 13.3. The average molecular weight is 255 g/mol. The zero-order valence-corrected chi connectivity index (χ0v) is 11.0. The summed E-state index contributed by atoms with van der Waals surface area (Å²) in [5.74, 6) is 0. The minimum absolute atomic E-state index is 0.264. The highest BCUT2D eigenvalue weighted by atomic mass is 16.7. The van der Waals surface area contributed by atoms with E-state index in [2.05, 4.69) is 6.92 Å². The first-order valence-corrected chi connectivity index (χ1v) is 6.49. The number of hydrogen-bond acceptors (Lipinski definition) is 2. The van der Waals surface area contributed by atoms with Gasteiger partial charge in [-0.05, 0) is 24.5 Å². The van der Waals surface area contributed by atoms with Crippen LogP contribution in [0.2, 0.25) is 0 Å². The maximum atomic E-state index is 5.71. The fourth-order valence-corrected chi connectivity index (χ4v) is 1.74. The molecular weight excluding hydrogens is 236 g/mol. The van der Waals surface area contributed by atoms with Crippen molar-refractivity contribution in [3.63, 3.8) is 0 Å². The molecule has 2 aromatic rings. The Labute approximate surface area is 115 Å². The molecule has 0 spiro atoms. The third-order valence-corrected chi connectivity index (χ3v) is 2.79. The van der Waals surface area contributed by atoms with Crippen LogP contribution in [0.4, 0.5) is 0 Å². The average Bonchev–Trinajstić information content (AvgIpc) is 2.49. The second-order valence-corrected chi connectivity index (χ2v) is 4.31. The molecule has 0 aliphatic rings. The van der Waals surface area contributed by atoms with Gasteiger partial charge in [0.05, 0.1) is 13.2 Å². The van der Waals surface area contributed by atoms with Crippen molar-refractivity contribution in [3.8, 4) is 0 Å². The zero-order valence-electron chi connectivity index (χ0n) is 11.0. The molecule has 0 saturated carbocycles. The maximum absolute atomic E-state index is 5.71. The van der Waals surface area contributed by atoms with Crippen molar-refractivity contribution < 1.29 is 9.47 Å². The van der Waals surface area contributed by atoms with E-state index in [4.69, 9.17) is 9.47 Å². The minimum atomic E-state index is -0.264. The van der Waals surface area contributed by atoms with E-state index >= 15 is 0 Å². The number of benzene rings is 2. The fraction of sp³-hybridized carbons (Fsp3) is 0.235. The van der Waals surface area contributed by atoms with Gasteiger partial charge in [-0.2, -0.15) is 0 Å². The Kier molecular flexibility index (Phi) is 5.60. The molecular formula is C17H19O2. The second-order valence-electron chi connectivity index (χ2n) is 4.31. The first-order chi connectivity index (χ1) is 9.38. The van der Waals surface area contributed by atoms with Gasteiger partial charge < -0.3 is 9.47 Å². The summed E-state index contributed by atoms with van der Waals surface area (Å²) in [6.07, 6.45) is 0.333. The van der Waals surface area contributed by atoms with Crippen LogP contribution in [0.15, 0.2) is 60.7 Å². The number of hydrogen-bond donors (Lipinski definition) is 0. The summed E-state index contributed by atoms with van der Waals surface area (Å²) in [6, 6.07) is 20.2. The summed E-state index contributed by atoms with van der Waals surface area (Å²) in [5.41, 5.74) is 2.29. The Morgan fingerprint density at radius 3 is 1.53 bits per heavy atom. The van der Waals surface area contributed by atoms with Gasteiger partial charge in [0.1, 0.15) is 0 Å². The molecule has 0 unspecified atom stereocenters. The quantitative estimate of drug-likeness (QED) is 0.697. The van der Waals surface area contributed by atoms with E-state index in [1.54, 1.807) is 0 Å². The van der Waals surface area contributed by atoms with Crippen LogP contribution in [-0.2, 0) is 22.7 Å². The van der Waals surface area contributed by atoms with Crippen molar-refractivity contribution in [2.75, 3.05) is 0 Å². The lowest BCUT2D eigenvalue weighted by atomic mass is 10.2. The van der Waals surface area contributed by atoms with Gasteiger partial charge in [0.2, 0.25) is 0 Å². The van der Waals surface area contributed by atoms with E-state index in [1.165, 1.54) is 0 Å². The maximum Gasteiger partial charge on any atom is 0.158 e. The van der Waals surface area contributed by atoms with E-state index in [0.29, 0.717) is 19.6 Å². The van der Waals surface area contributed by atoms with Crippen molar-refractivity contribution in [3.05, 3.63) is 78.7 Å². The van der Waals surface area contributed by atoms with E-state index in [1.807, 2.05) is 60.7 Å². The Hall–Kier alpha value is -1.64. The predicted molar refractivity (Wildman–Crippen MR) is 76.2 cm³/mol. The van der Waals surface area contributed by atoms with Crippen LogP contribution in [0.25, 0.3) is 0 Å². The third kappa shape index (κ3) is 4.86. The fourth-order valence-electron chi connectivity index (χ4n) is 1.74. The smallest absolute Gasteiger partial charge is 0.158 e. The summed E-state index contributed by atoms with van der Waals surface area (Å²) in [4.78, 5) is 0. The van der Waals surface area contributed by atoms with Crippen molar-refractivity contribution in [2.24, 2.45) is 0 Å². The molecule has 0 bridgehead atoms. The molecule has 1 radical (unpaired) electrons. The van der Waals surface area contributed by atoms with E-state index in [0.717, 1.165) is 11.1 Å². The van der Waals surface area contributed by atoms with Gasteiger partial charge in [0, 0.05) is 0 Å². The van der Waals surface area contributed by atoms with E-state index in [9.17, 15) is 0 Å². The van der Waals surface area contributed by atoms with Crippen molar-refractivity contribution >= 4 is 0 Å². The van der Waals surface area contributed by atoms with E-state index in [-0.39, 0.29) is 6.29 Å². The standard InChI is InChI=1S/C17H19O2/c1-2-17(18-13-15-9-5-3-6-10-15)19-14-16-11-7-4-8-12-16/h3-12,17H,1-2,13-14H2. The molecule has 99 valence electrons. The van der Waals surface area contributed by atoms with Gasteiger partial charge >= 0.3 is 0 Å². The molecule has 0 fully saturated rings.